The van der Waals surface area contributed by atoms with Crippen molar-refractivity contribution in [1.29, 1.82) is 0 Å². The van der Waals surface area contributed by atoms with Crippen molar-refractivity contribution in [1.82, 2.24) is 10.0 Å². The summed E-state index contributed by atoms with van der Waals surface area (Å²) in [6.45, 7) is 0.0328. The quantitative estimate of drug-likeness (QED) is 0.296. The predicted octanol–water partition coefficient (Wildman–Crippen LogP) is 5.10. The summed E-state index contributed by atoms with van der Waals surface area (Å²) in [6.07, 6.45) is 0. The van der Waals surface area contributed by atoms with E-state index in [1.807, 2.05) is 42.5 Å². The second-order valence-electron chi connectivity index (χ2n) is 7.83. The Bertz CT molecular complexity index is 1460. The molecule has 0 aliphatic carbocycles. The van der Waals surface area contributed by atoms with Gasteiger partial charge >= 0.3 is 0 Å². The third-order valence-electron chi connectivity index (χ3n) is 5.28. The number of halogens is 1. The Morgan fingerprint density at radius 2 is 1.39 bits per heavy atom. The van der Waals surface area contributed by atoms with Crippen molar-refractivity contribution in [3.8, 4) is 11.1 Å². The molecule has 0 atom stereocenters. The average Bonchev–Trinajstić information content (AvgIpc) is 2.89. The fourth-order valence-corrected chi connectivity index (χ4v) is 4.59. The van der Waals surface area contributed by atoms with E-state index < -0.39 is 10.0 Å². The van der Waals surface area contributed by atoms with E-state index in [0.717, 1.165) is 11.1 Å². The lowest BCUT2D eigenvalue weighted by Gasteiger charge is -2.11. The van der Waals surface area contributed by atoms with Gasteiger partial charge in [0.25, 0.3) is 5.91 Å². The molecule has 0 aromatic heterocycles. The summed E-state index contributed by atoms with van der Waals surface area (Å²) in [5, 5.41) is 5.57. The summed E-state index contributed by atoms with van der Waals surface area (Å²) in [7, 11) is -3.77. The Hall–Kier alpha value is -3.92. The first-order chi connectivity index (χ1) is 17.3. The number of hydrogen-bond donors (Lipinski definition) is 3. The zero-order valence-electron chi connectivity index (χ0n) is 18.9. The van der Waals surface area contributed by atoms with Crippen LogP contribution in [0.2, 0.25) is 0 Å². The van der Waals surface area contributed by atoms with E-state index in [9.17, 15) is 17.6 Å². The molecule has 1 amide bonds. The van der Waals surface area contributed by atoms with Crippen LogP contribution in [0.5, 0.6) is 0 Å². The second-order valence-corrected chi connectivity index (χ2v) is 10.0. The molecule has 0 heterocycles. The van der Waals surface area contributed by atoms with Crippen molar-refractivity contribution < 1.29 is 17.6 Å². The Labute approximate surface area is 214 Å². The average molecular weight is 520 g/mol. The SMILES string of the molecule is O=C(NC(=S)Nc1ccc(S(=O)(=O)NCc2ccc(F)cc2)cc1)c1ccc(-c2ccccc2)cc1. The molecular weight excluding hydrogens is 497 g/mol. The first-order valence-electron chi connectivity index (χ1n) is 10.9. The molecule has 4 aromatic rings. The number of sulfonamides is 1. The Kier molecular flexibility index (Phi) is 7.84. The first kappa shape index (κ1) is 25.2. The number of hydrogen-bond acceptors (Lipinski definition) is 4. The number of nitrogens with one attached hydrogen (secondary N) is 3. The molecule has 0 spiro atoms. The first-order valence-corrected chi connectivity index (χ1v) is 12.8. The van der Waals surface area contributed by atoms with Crippen LogP contribution < -0.4 is 15.4 Å². The van der Waals surface area contributed by atoms with Crippen molar-refractivity contribution in [2.24, 2.45) is 0 Å². The van der Waals surface area contributed by atoms with Gasteiger partial charge in [-0.2, -0.15) is 0 Å². The summed E-state index contributed by atoms with van der Waals surface area (Å²) >= 11 is 5.23. The van der Waals surface area contributed by atoms with E-state index in [1.165, 1.54) is 36.4 Å². The smallest absolute Gasteiger partial charge is 0.257 e. The number of amides is 1. The van der Waals surface area contributed by atoms with Crippen LogP contribution in [0.15, 0.2) is 108 Å². The predicted molar refractivity (Wildman–Crippen MR) is 142 cm³/mol. The van der Waals surface area contributed by atoms with E-state index in [2.05, 4.69) is 15.4 Å². The fraction of sp³-hybridized carbons (Fsp3) is 0.0370. The fourth-order valence-electron chi connectivity index (χ4n) is 3.36. The molecule has 0 bridgehead atoms. The standard InChI is InChI=1S/C27H22FN3O3S2/c28-23-12-6-19(7-13-23)18-29-36(33,34)25-16-14-24(15-17-25)30-27(35)31-26(32)22-10-8-21(9-11-22)20-4-2-1-3-5-20/h1-17,29H,18H2,(H2,30,31,32,35). The molecular formula is C27H22FN3O3S2. The van der Waals surface area contributed by atoms with Gasteiger partial charge in [0.2, 0.25) is 10.0 Å². The molecule has 0 saturated carbocycles. The summed E-state index contributed by atoms with van der Waals surface area (Å²) in [6, 6.07) is 28.5. The lowest BCUT2D eigenvalue weighted by molar-refractivity contribution is 0.0977. The van der Waals surface area contributed by atoms with Gasteiger partial charge in [0.15, 0.2) is 5.11 Å². The Morgan fingerprint density at radius 3 is 2.03 bits per heavy atom. The second kappa shape index (κ2) is 11.2. The normalized spacial score (nSPS) is 11.0. The molecule has 36 heavy (non-hydrogen) atoms. The molecule has 0 unspecified atom stereocenters. The number of thiocarbonyl (C=S) groups is 1. The number of carbonyl (C=O) groups excluding carboxylic acids is 1. The van der Waals surface area contributed by atoms with Gasteiger partial charge in [0, 0.05) is 17.8 Å². The minimum Gasteiger partial charge on any atom is -0.332 e. The maximum absolute atomic E-state index is 13.0. The lowest BCUT2D eigenvalue weighted by Crippen LogP contribution is -2.34. The van der Waals surface area contributed by atoms with E-state index in [0.29, 0.717) is 16.8 Å². The van der Waals surface area contributed by atoms with Crippen LogP contribution in [0.1, 0.15) is 15.9 Å². The molecule has 6 nitrogen and oxygen atoms in total. The van der Waals surface area contributed by atoms with Crippen molar-refractivity contribution in [2.45, 2.75) is 11.4 Å². The van der Waals surface area contributed by atoms with E-state index in [4.69, 9.17) is 12.2 Å². The van der Waals surface area contributed by atoms with Gasteiger partial charge in [0.05, 0.1) is 4.90 Å². The van der Waals surface area contributed by atoms with Gasteiger partial charge in [0.1, 0.15) is 5.82 Å². The van der Waals surface area contributed by atoms with Crippen molar-refractivity contribution >= 4 is 38.9 Å². The molecule has 0 saturated heterocycles. The molecule has 0 fully saturated rings. The third kappa shape index (κ3) is 6.60. The van der Waals surface area contributed by atoms with Gasteiger partial charge in [-0.25, -0.2) is 17.5 Å². The van der Waals surface area contributed by atoms with Crippen LogP contribution in [0.4, 0.5) is 10.1 Å². The van der Waals surface area contributed by atoms with E-state index >= 15 is 0 Å². The van der Waals surface area contributed by atoms with Crippen molar-refractivity contribution in [3.05, 3.63) is 120 Å². The summed E-state index contributed by atoms with van der Waals surface area (Å²) in [5.41, 5.74) is 3.64. The zero-order valence-corrected chi connectivity index (χ0v) is 20.6. The topological polar surface area (TPSA) is 87.3 Å². The number of benzene rings is 4. The molecule has 0 radical (unpaired) electrons. The molecule has 182 valence electrons. The largest absolute Gasteiger partial charge is 0.332 e. The van der Waals surface area contributed by atoms with Gasteiger partial charge in [-0.1, -0.05) is 54.6 Å². The van der Waals surface area contributed by atoms with Gasteiger partial charge in [-0.05, 0) is 77.4 Å². The molecule has 0 aliphatic rings. The molecule has 3 N–H and O–H groups in total. The maximum atomic E-state index is 13.0. The van der Waals surface area contributed by atoms with Crippen LogP contribution in [0.25, 0.3) is 11.1 Å². The number of anilines is 1. The molecule has 9 heteroatoms. The number of rotatable bonds is 7. The maximum Gasteiger partial charge on any atom is 0.257 e. The monoisotopic (exact) mass is 519 g/mol. The Morgan fingerprint density at radius 1 is 0.778 bits per heavy atom. The van der Waals surface area contributed by atoms with Crippen LogP contribution in [-0.2, 0) is 16.6 Å². The number of carbonyl (C=O) groups is 1. The highest BCUT2D eigenvalue weighted by Gasteiger charge is 2.14. The summed E-state index contributed by atoms with van der Waals surface area (Å²) in [4.78, 5) is 12.6. The third-order valence-corrected chi connectivity index (χ3v) is 6.90. The van der Waals surface area contributed by atoms with Crippen LogP contribution in [0.3, 0.4) is 0 Å². The van der Waals surface area contributed by atoms with Crippen molar-refractivity contribution in [3.63, 3.8) is 0 Å². The van der Waals surface area contributed by atoms with E-state index in [-0.39, 0.29) is 28.3 Å². The van der Waals surface area contributed by atoms with Gasteiger partial charge < -0.3 is 5.32 Å². The minimum atomic E-state index is -3.77. The van der Waals surface area contributed by atoms with Crippen LogP contribution >= 0.6 is 12.2 Å². The highest BCUT2D eigenvalue weighted by atomic mass is 32.2. The van der Waals surface area contributed by atoms with Gasteiger partial charge in [-0.15, -0.1) is 0 Å². The van der Waals surface area contributed by atoms with Crippen LogP contribution in [0, 0.1) is 5.82 Å². The van der Waals surface area contributed by atoms with Gasteiger partial charge in [-0.3, -0.25) is 10.1 Å². The zero-order chi connectivity index (χ0) is 25.5. The lowest BCUT2D eigenvalue weighted by atomic mass is 10.0. The van der Waals surface area contributed by atoms with Crippen LogP contribution in [-0.4, -0.2) is 19.4 Å². The summed E-state index contributed by atoms with van der Waals surface area (Å²) < 4.78 is 40.6. The summed E-state index contributed by atoms with van der Waals surface area (Å²) in [5.74, 6) is -0.754. The minimum absolute atomic E-state index is 0.0328. The molecule has 4 aromatic carbocycles. The Balaban J connectivity index is 1.31. The molecule has 0 aliphatic heterocycles. The highest BCUT2D eigenvalue weighted by molar-refractivity contribution is 7.89. The highest BCUT2D eigenvalue weighted by Crippen LogP contribution is 2.19. The van der Waals surface area contributed by atoms with E-state index in [1.54, 1.807) is 24.3 Å². The van der Waals surface area contributed by atoms with Crippen molar-refractivity contribution in [2.75, 3.05) is 5.32 Å². The molecule has 4 rings (SSSR count).